The van der Waals surface area contributed by atoms with Crippen LogP contribution < -0.4 is 5.32 Å². The van der Waals surface area contributed by atoms with E-state index in [0.29, 0.717) is 10.6 Å². The summed E-state index contributed by atoms with van der Waals surface area (Å²) < 4.78 is 0. The summed E-state index contributed by atoms with van der Waals surface area (Å²) in [6.45, 7) is 1.91. The molecule has 0 fully saturated rings. The summed E-state index contributed by atoms with van der Waals surface area (Å²) in [7, 11) is 0. The number of rotatable bonds is 4. The van der Waals surface area contributed by atoms with Gasteiger partial charge in [0.1, 0.15) is 26.8 Å². The summed E-state index contributed by atoms with van der Waals surface area (Å²) in [6, 6.07) is 2.29. The van der Waals surface area contributed by atoms with Crippen LogP contribution in [0.25, 0.3) is 10.2 Å². The summed E-state index contributed by atoms with van der Waals surface area (Å²) >= 11 is 4.82. The van der Waals surface area contributed by atoms with Crippen molar-refractivity contribution in [1.29, 1.82) is 5.26 Å². The van der Waals surface area contributed by atoms with Gasteiger partial charge in [0.2, 0.25) is 5.91 Å². The molecule has 2 aliphatic rings. The van der Waals surface area contributed by atoms with Gasteiger partial charge < -0.3 is 5.32 Å². The first-order valence-corrected chi connectivity index (χ1v) is 12.5. The molecular weight excluding hydrogens is 420 g/mol. The molecule has 5 rings (SSSR count). The third kappa shape index (κ3) is 3.45. The van der Waals surface area contributed by atoms with Gasteiger partial charge in [-0.3, -0.25) is 4.79 Å². The van der Waals surface area contributed by atoms with Crippen LogP contribution in [0.2, 0.25) is 0 Å². The first kappa shape index (κ1) is 19.0. The van der Waals surface area contributed by atoms with E-state index < -0.39 is 0 Å². The molecule has 0 saturated carbocycles. The van der Waals surface area contributed by atoms with Gasteiger partial charge in [0.25, 0.3) is 0 Å². The normalized spacial score (nSPS) is 15.2. The number of aryl methyl sites for hydroxylation is 4. The third-order valence-corrected chi connectivity index (χ3v) is 8.89. The molecule has 0 atom stereocenters. The lowest BCUT2D eigenvalue weighted by atomic mass is 9.97. The lowest BCUT2D eigenvalue weighted by Crippen LogP contribution is -2.14. The maximum Gasteiger partial charge on any atom is 0.235 e. The smallest absolute Gasteiger partial charge is 0.235 e. The summed E-state index contributed by atoms with van der Waals surface area (Å²) in [5, 5.41) is 15.3. The summed E-state index contributed by atoms with van der Waals surface area (Å²) in [6.07, 6.45) is 7.71. The van der Waals surface area contributed by atoms with Crippen molar-refractivity contribution in [2.24, 2.45) is 0 Å². The molecule has 5 nitrogen and oxygen atoms in total. The highest BCUT2D eigenvalue weighted by Crippen LogP contribution is 2.40. The number of nitrogens with zero attached hydrogens (tertiary/aromatic N) is 3. The van der Waals surface area contributed by atoms with Gasteiger partial charge in [-0.2, -0.15) is 5.26 Å². The lowest BCUT2D eigenvalue weighted by molar-refractivity contribution is -0.113. The molecule has 3 aromatic rings. The Morgan fingerprint density at radius 3 is 2.72 bits per heavy atom. The zero-order chi connectivity index (χ0) is 20.0. The molecule has 3 aromatic heterocycles. The van der Waals surface area contributed by atoms with E-state index in [2.05, 4.69) is 21.4 Å². The Balaban J connectivity index is 1.37. The number of carbonyl (C=O) groups excluding carboxylic acids is 1. The van der Waals surface area contributed by atoms with Crippen LogP contribution in [0, 0.1) is 18.3 Å². The predicted molar refractivity (Wildman–Crippen MR) is 119 cm³/mol. The van der Waals surface area contributed by atoms with Crippen molar-refractivity contribution >= 4 is 55.6 Å². The zero-order valence-corrected chi connectivity index (χ0v) is 18.6. The van der Waals surface area contributed by atoms with Gasteiger partial charge in [-0.05, 0) is 63.0 Å². The largest absolute Gasteiger partial charge is 0.316 e. The van der Waals surface area contributed by atoms with Gasteiger partial charge in [0, 0.05) is 15.1 Å². The molecule has 0 saturated heterocycles. The highest BCUT2D eigenvalue weighted by atomic mass is 32.2. The van der Waals surface area contributed by atoms with Crippen LogP contribution in [0.5, 0.6) is 0 Å². The molecule has 0 spiro atoms. The van der Waals surface area contributed by atoms with E-state index in [-0.39, 0.29) is 11.7 Å². The monoisotopic (exact) mass is 440 g/mol. The topological polar surface area (TPSA) is 78.7 Å². The Kier molecular flexibility index (Phi) is 5.06. The van der Waals surface area contributed by atoms with E-state index in [0.717, 1.165) is 58.7 Å². The second-order valence-electron chi connectivity index (χ2n) is 7.48. The molecule has 8 heteroatoms. The quantitative estimate of drug-likeness (QED) is 0.455. The maximum absolute atomic E-state index is 12.7. The number of anilines is 1. The van der Waals surface area contributed by atoms with Crippen LogP contribution >= 0.6 is 34.4 Å². The van der Waals surface area contributed by atoms with Gasteiger partial charge in [-0.25, -0.2) is 9.97 Å². The van der Waals surface area contributed by atoms with Crippen LogP contribution in [0.3, 0.4) is 0 Å². The van der Waals surface area contributed by atoms with Crippen LogP contribution in [0.4, 0.5) is 5.00 Å². The molecule has 0 bridgehead atoms. The van der Waals surface area contributed by atoms with Crippen molar-refractivity contribution in [2.45, 2.75) is 56.9 Å². The van der Waals surface area contributed by atoms with E-state index in [1.165, 1.54) is 39.9 Å². The first-order chi connectivity index (χ1) is 14.1. The minimum absolute atomic E-state index is 0.0834. The van der Waals surface area contributed by atoms with Crippen molar-refractivity contribution in [2.75, 3.05) is 11.1 Å². The van der Waals surface area contributed by atoms with Crippen molar-refractivity contribution in [3.8, 4) is 6.07 Å². The fourth-order valence-corrected chi connectivity index (χ4v) is 7.77. The highest BCUT2D eigenvalue weighted by molar-refractivity contribution is 8.00. The number of hydrogen-bond acceptors (Lipinski definition) is 7. The van der Waals surface area contributed by atoms with E-state index in [1.54, 1.807) is 22.7 Å². The van der Waals surface area contributed by atoms with E-state index in [1.807, 2.05) is 6.92 Å². The molecule has 1 amide bonds. The minimum atomic E-state index is -0.0834. The van der Waals surface area contributed by atoms with Crippen LogP contribution in [-0.2, 0) is 30.5 Å². The van der Waals surface area contributed by atoms with Crippen molar-refractivity contribution in [3.05, 3.63) is 32.3 Å². The van der Waals surface area contributed by atoms with Gasteiger partial charge in [0.15, 0.2) is 0 Å². The summed E-state index contributed by atoms with van der Waals surface area (Å²) in [5.41, 5.74) is 3.19. The Hall–Kier alpha value is -1.95. The molecule has 29 heavy (non-hydrogen) atoms. The Morgan fingerprint density at radius 2 is 1.86 bits per heavy atom. The highest BCUT2D eigenvalue weighted by Gasteiger charge is 2.24. The van der Waals surface area contributed by atoms with Gasteiger partial charge >= 0.3 is 0 Å². The maximum atomic E-state index is 12.7. The molecule has 2 aliphatic carbocycles. The van der Waals surface area contributed by atoms with E-state index in [4.69, 9.17) is 0 Å². The Bertz CT molecular complexity index is 1170. The molecular formula is C21H20N4OS3. The molecule has 0 aromatic carbocycles. The van der Waals surface area contributed by atoms with Crippen molar-refractivity contribution < 1.29 is 4.79 Å². The average molecular weight is 441 g/mol. The minimum Gasteiger partial charge on any atom is -0.316 e. The number of carbonyl (C=O) groups is 1. The van der Waals surface area contributed by atoms with Gasteiger partial charge in [0.05, 0.1) is 11.3 Å². The van der Waals surface area contributed by atoms with Crippen LogP contribution in [-0.4, -0.2) is 21.6 Å². The van der Waals surface area contributed by atoms with Gasteiger partial charge in [-0.1, -0.05) is 11.8 Å². The number of nitrogens with one attached hydrogen (secondary N) is 1. The van der Waals surface area contributed by atoms with Crippen LogP contribution in [0.1, 0.15) is 51.5 Å². The van der Waals surface area contributed by atoms with Crippen LogP contribution in [0.15, 0.2) is 5.03 Å². The number of nitriles is 1. The Labute approximate surface area is 181 Å². The second-order valence-corrected chi connectivity index (χ2v) is 10.6. The number of thioether (sulfide) groups is 1. The number of aromatic nitrogens is 2. The molecule has 148 valence electrons. The molecule has 0 aliphatic heterocycles. The average Bonchev–Trinajstić information content (AvgIpc) is 3.38. The summed E-state index contributed by atoms with van der Waals surface area (Å²) in [5.74, 6) is 0.948. The van der Waals surface area contributed by atoms with E-state index in [9.17, 15) is 10.1 Å². The number of thiophene rings is 2. The van der Waals surface area contributed by atoms with Crippen molar-refractivity contribution in [3.63, 3.8) is 0 Å². The van der Waals surface area contributed by atoms with Gasteiger partial charge in [-0.15, -0.1) is 22.7 Å². The SMILES string of the molecule is Cc1nc(SCC(=O)Nc2sc3c(c2C#N)CCC3)c2c3c(sc2n1)CCCC3. The predicted octanol–water partition coefficient (Wildman–Crippen LogP) is 5.03. The zero-order valence-electron chi connectivity index (χ0n) is 16.1. The number of fused-ring (bicyclic) bond motifs is 4. The Morgan fingerprint density at radius 1 is 1.10 bits per heavy atom. The third-order valence-electron chi connectivity index (χ3n) is 5.52. The molecule has 1 N–H and O–H groups in total. The fraction of sp³-hybridized carbons (Fsp3) is 0.429. The lowest BCUT2D eigenvalue weighted by Gasteiger charge is -2.11. The molecule has 3 heterocycles. The fourth-order valence-electron chi connectivity index (χ4n) is 4.24. The molecule has 0 radical (unpaired) electrons. The number of hydrogen-bond donors (Lipinski definition) is 1. The summed E-state index contributed by atoms with van der Waals surface area (Å²) in [4.78, 5) is 25.7. The number of amides is 1. The second kappa shape index (κ2) is 7.71. The van der Waals surface area contributed by atoms with Crippen molar-refractivity contribution in [1.82, 2.24) is 9.97 Å². The van der Waals surface area contributed by atoms with E-state index >= 15 is 0 Å². The standard InChI is InChI=1S/C21H20N4OS3/c1-11-23-20(18-13-5-2-3-7-16(13)29-21(18)24-11)27-10-17(26)25-19-14(9-22)12-6-4-8-15(12)28-19/h2-8,10H2,1H3,(H,25,26). The molecule has 0 unspecified atom stereocenters. The first-order valence-electron chi connectivity index (χ1n) is 9.90.